The maximum absolute atomic E-state index is 13.2. The smallest absolute Gasteiger partial charge is 0.254 e. The first-order valence-corrected chi connectivity index (χ1v) is 12.5. The number of nitrogens with one attached hydrogen (secondary N) is 2. The van der Waals surface area contributed by atoms with Gasteiger partial charge in [-0.25, -0.2) is 0 Å². The van der Waals surface area contributed by atoms with E-state index in [1.165, 1.54) is 6.42 Å². The molecule has 0 spiro atoms. The first-order valence-electron chi connectivity index (χ1n) is 10.7. The van der Waals surface area contributed by atoms with E-state index in [1.54, 1.807) is 0 Å². The number of aromatic amines is 1. The highest BCUT2D eigenvalue weighted by Crippen LogP contribution is 2.27. The molecule has 3 nitrogen and oxygen atoms in total. The van der Waals surface area contributed by atoms with E-state index in [1.807, 2.05) is 54.6 Å². The second-order valence-electron chi connectivity index (χ2n) is 7.70. The van der Waals surface area contributed by atoms with Crippen LogP contribution in [0.4, 0.5) is 0 Å². The van der Waals surface area contributed by atoms with Crippen LogP contribution in [0.1, 0.15) is 54.2 Å². The van der Waals surface area contributed by atoms with Crippen molar-refractivity contribution in [3.8, 4) is 0 Å². The standard InChI is InChI=1S/C25H28BrClN2OS/c1-2-3-17(13-15-31)12-14-28-25(30)24-21-10-7-19(26)16-23(21)29-22(24)11-6-18-4-8-20(27)9-5-18/h4-11,16-17,29,31H,2-3,12-15H2,1H3,(H,28,30)/b11-6+. The van der Waals surface area contributed by atoms with Crippen LogP contribution in [0.5, 0.6) is 0 Å². The third kappa shape index (κ3) is 6.64. The Bertz CT molecular complexity index is 1040. The van der Waals surface area contributed by atoms with Crippen molar-refractivity contribution in [2.45, 2.75) is 32.6 Å². The number of carbonyl (C=O) groups is 1. The molecule has 0 saturated carbocycles. The number of fused-ring (bicyclic) bond motifs is 1. The molecule has 1 heterocycles. The van der Waals surface area contributed by atoms with Gasteiger partial charge in [0.1, 0.15) is 0 Å². The summed E-state index contributed by atoms with van der Waals surface area (Å²) >= 11 is 13.9. The molecule has 0 bridgehead atoms. The fraction of sp³-hybridized carbons (Fsp3) is 0.320. The average Bonchev–Trinajstić information content (AvgIpc) is 3.11. The van der Waals surface area contributed by atoms with E-state index in [0.29, 0.717) is 23.0 Å². The molecular weight excluding hydrogens is 492 g/mol. The lowest BCUT2D eigenvalue weighted by molar-refractivity contribution is 0.0952. The van der Waals surface area contributed by atoms with E-state index in [9.17, 15) is 4.79 Å². The second-order valence-corrected chi connectivity index (χ2v) is 9.50. The first-order chi connectivity index (χ1) is 15.0. The van der Waals surface area contributed by atoms with Crippen LogP contribution >= 0.6 is 40.2 Å². The van der Waals surface area contributed by atoms with E-state index in [2.05, 4.69) is 45.8 Å². The van der Waals surface area contributed by atoms with Gasteiger partial charge in [-0.2, -0.15) is 12.6 Å². The van der Waals surface area contributed by atoms with Crippen LogP contribution in [0.2, 0.25) is 5.02 Å². The van der Waals surface area contributed by atoms with Crippen LogP contribution in [0.25, 0.3) is 23.1 Å². The highest BCUT2D eigenvalue weighted by Gasteiger charge is 2.18. The van der Waals surface area contributed by atoms with E-state index in [-0.39, 0.29) is 5.91 Å². The van der Waals surface area contributed by atoms with Crippen molar-refractivity contribution < 1.29 is 4.79 Å². The topological polar surface area (TPSA) is 44.9 Å². The number of H-pyrrole nitrogens is 1. The Hall–Kier alpha value is -1.69. The largest absolute Gasteiger partial charge is 0.354 e. The average molecular weight is 520 g/mol. The van der Waals surface area contributed by atoms with Gasteiger partial charge in [0, 0.05) is 26.9 Å². The minimum Gasteiger partial charge on any atom is -0.354 e. The molecule has 6 heteroatoms. The quantitative estimate of drug-likeness (QED) is 0.237. The fourth-order valence-corrected chi connectivity index (χ4v) is 4.67. The third-order valence-corrected chi connectivity index (χ3v) is 6.40. The molecule has 0 aliphatic heterocycles. The van der Waals surface area contributed by atoms with Gasteiger partial charge >= 0.3 is 0 Å². The molecule has 1 amide bonds. The Labute approximate surface area is 203 Å². The van der Waals surface area contributed by atoms with Crippen LogP contribution in [0.15, 0.2) is 46.9 Å². The van der Waals surface area contributed by atoms with Gasteiger partial charge in [0.25, 0.3) is 5.91 Å². The summed E-state index contributed by atoms with van der Waals surface area (Å²) in [6.07, 6.45) is 8.33. The molecule has 0 aliphatic carbocycles. The lowest BCUT2D eigenvalue weighted by atomic mass is 9.97. The Balaban J connectivity index is 1.82. The van der Waals surface area contributed by atoms with Crippen molar-refractivity contribution in [1.29, 1.82) is 0 Å². The van der Waals surface area contributed by atoms with Crippen LogP contribution in [0, 0.1) is 5.92 Å². The van der Waals surface area contributed by atoms with Crippen molar-refractivity contribution in [2.24, 2.45) is 5.92 Å². The number of thiol groups is 1. The molecule has 1 unspecified atom stereocenters. The Morgan fingerprint density at radius 1 is 1.16 bits per heavy atom. The lowest BCUT2D eigenvalue weighted by Crippen LogP contribution is -2.26. The molecule has 0 fully saturated rings. The van der Waals surface area contributed by atoms with Crippen molar-refractivity contribution in [3.63, 3.8) is 0 Å². The SMILES string of the molecule is CCCC(CCS)CCNC(=O)c1c(/C=C/c2ccc(Cl)cc2)[nH]c2cc(Br)ccc12. The monoisotopic (exact) mass is 518 g/mol. The Morgan fingerprint density at radius 3 is 2.65 bits per heavy atom. The second kappa shape index (κ2) is 11.8. The number of hydrogen-bond acceptors (Lipinski definition) is 2. The van der Waals surface area contributed by atoms with Crippen LogP contribution < -0.4 is 5.32 Å². The summed E-state index contributed by atoms with van der Waals surface area (Å²) < 4.78 is 0.968. The van der Waals surface area contributed by atoms with E-state index in [0.717, 1.165) is 51.6 Å². The summed E-state index contributed by atoms with van der Waals surface area (Å²) in [5.74, 6) is 1.44. The Kier molecular flexibility index (Phi) is 9.12. The van der Waals surface area contributed by atoms with Crippen molar-refractivity contribution in [2.75, 3.05) is 12.3 Å². The summed E-state index contributed by atoms with van der Waals surface area (Å²) in [4.78, 5) is 16.6. The maximum Gasteiger partial charge on any atom is 0.254 e. The molecule has 1 aromatic heterocycles. The lowest BCUT2D eigenvalue weighted by Gasteiger charge is -2.15. The molecule has 2 aromatic carbocycles. The van der Waals surface area contributed by atoms with Gasteiger partial charge in [-0.3, -0.25) is 4.79 Å². The predicted molar refractivity (Wildman–Crippen MR) is 140 cm³/mol. The molecule has 0 aliphatic rings. The summed E-state index contributed by atoms with van der Waals surface area (Å²) in [6.45, 7) is 2.87. The third-order valence-electron chi connectivity index (χ3n) is 5.40. The molecule has 3 rings (SSSR count). The van der Waals surface area contributed by atoms with Gasteiger partial charge in [-0.05, 0) is 60.4 Å². The molecule has 0 saturated heterocycles. The van der Waals surface area contributed by atoms with Gasteiger partial charge in [0.05, 0.1) is 11.3 Å². The minimum absolute atomic E-state index is 0.0505. The van der Waals surface area contributed by atoms with Crippen LogP contribution in [-0.2, 0) is 0 Å². The number of amides is 1. The Morgan fingerprint density at radius 2 is 1.94 bits per heavy atom. The first kappa shape index (κ1) is 24.0. The summed E-state index contributed by atoms with van der Waals surface area (Å²) in [5, 5.41) is 4.75. The molecule has 3 aromatic rings. The maximum atomic E-state index is 13.2. The highest BCUT2D eigenvalue weighted by atomic mass is 79.9. The number of carbonyl (C=O) groups excluding carboxylic acids is 1. The zero-order chi connectivity index (χ0) is 22.2. The summed E-state index contributed by atoms with van der Waals surface area (Å²) in [7, 11) is 0. The van der Waals surface area contributed by atoms with E-state index < -0.39 is 0 Å². The van der Waals surface area contributed by atoms with Crippen LogP contribution in [-0.4, -0.2) is 23.2 Å². The van der Waals surface area contributed by atoms with Gasteiger partial charge < -0.3 is 10.3 Å². The van der Waals surface area contributed by atoms with E-state index in [4.69, 9.17) is 11.6 Å². The minimum atomic E-state index is -0.0505. The zero-order valence-corrected chi connectivity index (χ0v) is 20.9. The molecule has 0 radical (unpaired) electrons. The van der Waals surface area contributed by atoms with Crippen molar-refractivity contribution in [1.82, 2.24) is 10.3 Å². The van der Waals surface area contributed by atoms with Gasteiger partial charge in [0.15, 0.2) is 0 Å². The zero-order valence-electron chi connectivity index (χ0n) is 17.6. The number of rotatable bonds is 10. The van der Waals surface area contributed by atoms with Gasteiger partial charge in [-0.15, -0.1) is 0 Å². The number of benzene rings is 2. The van der Waals surface area contributed by atoms with Gasteiger partial charge in [0.2, 0.25) is 0 Å². The number of hydrogen-bond donors (Lipinski definition) is 3. The molecule has 1 atom stereocenters. The van der Waals surface area contributed by atoms with Crippen molar-refractivity contribution in [3.05, 3.63) is 68.8 Å². The van der Waals surface area contributed by atoms with E-state index >= 15 is 0 Å². The molecule has 164 valence electrons. The number of aromatic nitrogens is 1. The highest BCUT2D eigenvalue weighted by molar-refractivity contribution is 9.10. The summed E-state index contributed by atoms with van der Waals surface area (Å²) in [6, 6.07) is 13.5. The molecule has 2 N–H and O–H groups in total. The van der Waals surface area contributed by atoms with Gasteiger partial charge in [-0.1, -0.05) is 71.6 Å². The molecular formula is C25H28BrClN2OS. The van der Waals surface area contributed by atoms with Crippen molar-refractivity contribution >= 4 is 69.1 Å². The fourth-order valence-electron chi connectivity index (χ4n) is 3.82. The number of halogens is 2. The van der Waals surface area contributed by atoms with Crippen LogP contribution in [0.3, 0.4) is 0 Å². The summed E-state index contributed by atoms with van der Waals surface area (Å²) in [5.41, 5.74) is 3.41. The molecule has 31 heavy (non-hydrogen) atoms. The normalized spacial score (nSPS) is 12.5. The predicted octanol–water partition coefficient (Wildman–Crippen LogP) is 7.61.